The summed E-state index contributed by atoms with van der Waals surface area (Å²) in [5.74, 6) is -0.147. The molecule has 1 aromatic heterocycles. The Labute approximate surface area is 196 Å². The van der Waals surface area contributed by atoms with Crippen LogP contribution in [0.1, 0.15) is 33.8 Å². The highest BCUT2D eigenvalue weighted by Crippen LogP contribution is 2.48. The zero-order valence-electron chi connectivity index (χ0n) is 17.8. The summed E-state index contributed by atoms with van der Waals surface area (Å²) < 4.78 is 0. The smallest absolute Gasteiger partial charge is 0.251 e. The number of anilines is 1. The summed E-state index contributed by atoms with van der Waals surface area (Å²) in [7, 11) is 0. The van der Waals surface area contributed by atoms with Gasteiger partial charge in [-0.25, -0.2) is 0 Å². The number of nitrogens with one attached hydrogen (secondary N) is 2. The third kappa shape index (κ3) is 4.73. The van der Waals surface area contributed by atoms with Crippen LogP contribution in [-0.4, -0.2) is 16.8 Å². The van der Waals surface area contributed by atoms with Crippen molar-refractivity contribution in [3.8, 4) is 0 Å². The molecule has 0 bridgehead atoms. The maximum atomic E-state index is 12.8. The number of halogens is 1. The maximum absolute atomic E-state index is 12.8. The number of benzene rings is 3. The molecule has 4 aromatic rings. The van der Waals surface area contributed by atoms with Gasteiger partial charge in [-0.15, -0.1) is 0 Å². The fourth-order valence-electron chi connectivity index (χ4n) is 4.10. The summed E-state index contributed by atoms with van der Waals surface area (Å²) in [5.41, 5.74) is 3.32. The molecule has 0 spiro atoms. The molecule has 0 radical (unpaired) electrons. The van der Waals surface area contributed by atoms with E-state index in [1.165, 1.54) is 0 Å². The molecule has 2 amide bonds. The van der Waals surface area contributed by atoms with Gasteiger partial charge in [0.15, 0.2) is 0 Å². The number of nitrogens with zero attached hydrogens (tertiary/aromatic N) is 1. The van der Waals surface area contributed by atoms with Crippen LogP contribution in [0.4, 0.5) is 5.69 Å². The summed E-state index contributed by atoms with van der Waals surface area (Å²) in [6.45, 7) is 0.440. The lowest BCUT2D eigenvalue weighted by atomic mass is 10.0. The number of pyridine rings is 1. The molecule has 1 fully saturated rings. The Kier molecular flexibility index (Phi) is 5.80. The average Bonchev–Trinajstić information content (AvgIpc) is 3.65. The largest absolute Gasteiger partial charge is 0.348 e. The molecule has 6 heteroatoms. The Balaban J connectivity index is 1.22. The van der Waals surface area contributed by atoms with Crippen LogP contribution >= 0.6 is 11.6 Å². The average molecular weight is 456 g/mol. The highest BCUT2D eigenvalue weighted by Gasteiger charge is 2.44. The topological polar surface area (TPSA) is 71.1 Å². The molecule has 5 nitrogen and oxygen atoms in total. The van der Waals surface area contributed by atoms with E-state index in [1.54, 1.807) is 18.5 Å². The lowest BCUT2D eigenvalue weighted by molar-refractivity contribution is -0.117. The van der Waals surface area contributed by atoms with E-state index in [0.29, 0.717) is 17.1 Å². The molecule has 1 aliphatic rings. The second-order valence-corrected chi connectivity index (χ2v) is 8.68. The van der Waals surface area contributed by atoms with Gasteiger partial charge in [0, 0.05) is 46.5 Å². The Morgan fingerprint density at radius 2 is 1.79 bits per heavy atom. The van der Waals surface area contributed by atoms with E-state index in [9.17, 15) is 9.59 Å². The van der Waals surface area contributed by atoms with Gasteiger partial charge >= 0.3 is 0 Å². The van der Waals surface area contributed by atoms with Crippen molar-refractivity contribution in [2.24, 2.45) is 5.92 Å². The van der Waals surface area contributed by atoms with Gasteiger partial charge in [-0.2, -0.15) is 0 Å². The summed E-state index contributed by atoms with van der Waals surface area (Å²) in [6.07, 6.45) is 4.17. The van der Waals surface area contributed by atoms with E-state index < -0.39 is 0 Å². The molecule has 5 rings (SSSR count). The van der Waals surface area contributed by atoms with E-state index in [0.717, 1.165) is 34.0 Å². The Hall–Kier alpha value is -3.70. The first kappa shape index (κ1) is 21.2. The third-order valence-electron chi connectivity index (χ3n) is 6.00. The Morgan fingerprint density at radius 1 is 0.970 bits per heavy atom. The van der Waals surface area contributed by atoms with Gasteiger partial charge < -0.3 is 10.6 Å². The van der Waals surface area contributed by atoms with Crippen LogP contribution in [0.25, 0.3) is 10.8 Å². The number of amides is 2. The van der Waals surface area contributed by atoms with Gasteiger partial charge in [-0.1, -0.05) is 41.9 Å². The predicted molar refractivity (Wildman–Crippen MR) is 130 cm³/mol. The van der Waals surface area contributed by atoms with Crippen molar-refractivity contribution in [3.05, 3.63) is 107 Å². The Morgan fingerprint density at radius 3 is 2.64 bits per heavy atom. The zero-order valence-corrected chi connectivity index (χ0v) is 18.5. The monoisotopic (exact) mass is 455 g/mol. The zero-order chi connectivity index (χ0) is 22.8. The van der Waals surface area contributed by atoms with Crippen LogP contribution in [0.5, 0.6) is 0 Å². The molecule has 0 saturated heterocycles. The van der Waals surface area contributed by atoms with Crippen molar-refractivity contribution >= 4 is 39.9 Å². The van der Waals surface area contributed by atoms with Gasteiger partial charge in [-0.3, -0.25) is 14.6 Å². The summed E-state index contributed by atoms with van der Waals surface area (Å²) in [4.78, 5) is 29.4. The minimum absolute atomic E-state index is 0.0149. The first-order chi connectivity index (χ1) is 16.1. The van der Waals surface area contributed by atoms with Crippen molar-refractivity contribution in [1.82, 2.24) is 10.3 Å². The third-order valence-corrected chi connectivity index (χ3v) is 6.33. The fraction of sp³-hybridized carbons (Fsp3) is 0.148. The van der Waals surface area contributed by atoms with Gasteiger partial charge in [0.2, 0.25) is 5.91 Å². The quantitative estimate of drug-likeness (QED) is 0.400. The minimum atomic E-state index is -0.136. The first-order valence-corrected chi connectivity index (χ1v) is 11.2. The second kappa shape index (κ2) is 9.04. The van der Waals surface area contributed by atoms with Gasteiger partial charge in [0.25, 0.3) is 5.91 Å². The summed E-state index contributed by atoms with van der Waals surface area (Å²) in [6, 6.07) is 22.8. The molecule has 1 heterocycles. The SMILES string of the molecule is O=C(NCc1ccncc1)c1cccc([C@@H]2C[C@H]2C(=O)Nc2ccc3cccc(Cl)c3c2)c1. The van der Waals surface area contributed by atoms with Crippen molar-refractivity contribution in [2.75, 3.05) is 5.32 Å². The van der Waals surface area contributed by atoms with Crippen molar-refractivity contribution in [2.45, 2.75) is 18.9 Å². The lowest BCUT2D eigenvalue weighted by Gasteiger charge is -2.09. The van der Waals surface area contributed by atoms with Crippen LogP contribution in [0.2, 0.25) is 5.02 Å². The number of rotatable bonds is 6. The summed E-state index contributed by atoms with van der Waals surface area (Å²) >= 11 is 6.29. The molecule has 0 unspecified atom stereocenters. The van der Waals surface area contributed by atoms with Crippen molar-refractivity contribution < 1.29 is 9.59 Å². The fourth-order valence-corrected chi connectivity index (χ4v) is 4.33. The van der Waals surface area contributed by atoms with E-state index in [-0.39, 0.29) is 23.7 Å². The van der Waals surface area contributed by atoms with E-state index in [4.69, 9.17) is 11.6 Å². The highest BCUT2D eigenvalue weighted by molar-refractivity contribution is 6.35. The minimum Gasteiger partial charge on any atom is -0.348 e. The highest BCUT2D eigenvalue weighted by atomic mass is 35.5. The maximum Gasteiger partial charge on any atom is 0.251 e. The Bertz CT molecular complexity index is 1340. The summed E-state index contributed by atoms with van der Waals surface area (Å²) in [5, 5.41) is 8.55. The number of fused-ring (bicyclic) bond motifs is 1. The van der Waals surface area contributed by atoms with E-state index >= 15 is 0 Å². The molecule has 2 N–H and O–H groups in total. The van der Waals surface area contributed by atoms with Gasteiger partial charge in [0.1, 0.15) is 0 Å². The molecule has 2 atom stereocenters. The lowest BCUT2D eigenvalue weighted by Crippen LogP contribution is -2.22. The number of aromatic nitrogens is 1. The van der Waals surface area contributed by atoms with Crippen LogP contribution in [0.3, 0.4) is 0 Å². The molecule has 3 aromatic carbocycles. The molecular weight excluding hydrogens is 434 g/mol. The number of carbonyl (C=O) groups excluding carboxylic acids is 2. The van der Waals surface area contributed by atoms with Crippen LogP contribution in [0.15, 0.2) is 85.2 Å². The van der Waals surface area contributed by atoms with E-state index in [1.807, 2.05) is 66.7 Å². The first-order valence-electron chi connectivity index (χ1n) is 10.8. The van der Waals surface area contributed by atoms with Crippen molar-refractivity contribution in [1.29, 1.82) is 0 Å². The van der Waals surface area contributed by atoms with Crippen molar-refractivity contribution in [3.63, 3.8) is 0 Å². The van der Waals surface area contributed by atoms with Crippen LogP contribution in [-0.2, 0) is 11.3 Å². The molecular formula is C27H22ClN3O2. The van der Waals surface area contributed by atoms with Gasteiger partial charge in [-0.05, 0) is 71.3 Å². The molecule has 1 aliphatic carbocycles. The molecule has 0 aliphatic heterocycles. The molecule has 164 valence electrons. The standard InChI is InChI=1S/C27H22ClN3O2/c28-25-6-2-3-18-7-8-21(14-23(18)25)31-27(33)24-15-22(24)19-4-1-5-20(13-19)26(32)30-16-17-9-11-29-12-10-17/h1-14,22,24H,15-16H2,(H,30,32)(H,31,33)/t22-,24+/m0/s1. The van der Waals surface area contributed by atoms with Crippen LogP contribution < -0.4 is 10.6 Å². The van der Waals surface area contributed by atoms with Gasteiger partial charge in [0.05, 0.1) is 0 Å². The second-order valence-electron chi connectivity index (χ2n) is 8.28. The molecule has 1 saturated carbocycles. The normalized spacial score (nSPS) is 16.9. The van der Waals surface area contributed by atoms with E-state index in [2.05, 4.69) is 15.6 Å². The van der Waals surface area contributed by atoms with Crippen LogP contribution in [0, 0.1) is 5.92 Å². The predicted octanol–water partition coefficient (Wildman–Crippen LogP) is 5.56. The number of hydrogen-bond acceptors (Lipinski definition) is 3. The number of carbonyl (C=O) groups is 2. The number of hydrogen-bond donors (Lipinski definition) is 2. The molecule has 33 heavy (non-hydrogen) atoms.